The quantitative estimate of drug-likeness (QED) is 0.389. The number of hydrogen-bond donors (Lipinski definition) is 3. The number of nitrogens with one attached hydrogen (secondary N) is 1. The Bertz CT molecular complexity index is 1180. The van der Waals surface area contributed by atoms with Gasteiger partial charge in [0.2, 0.25) is 0 Å². The van der Waals surface area contributed by atoms with Crippen LogP contribution in [0.2, 0.25) is 0 Å². The van der Waals surface area contributed by atoms with Crippen molar-refractivity contribution in [1.82, 2.24) is 15.4 Å². The number of benzene rings is 2. The van der Waals surface area contributed by atoms with E-state index in [1.165, 1.54) is 6.07 Å². The minimum atomic E-state index is -0.334. The average Bonchev–Trinajstić information content (AvgIpc) is 3.33. The van der Waals surface area contributed by atoms with Crippen molar-refractivity contribution in [2.75, 3.05) is 32.8 Å². The van der Waals surface area contributed by atoms with E-state index in [-0.39, 0.29) is 29.0 Å². The number of aromatic nitrogens is 1. The van der Waals surface area contributed by atoms with Gasteiger partial charge < -0.3 is 24.8 Å². The van der Waals surface area contributed by atoms with E-state index in [1.54, 1.807) is 6.07 Å². The summed E-state index contributed by atoms with van der Waals surface area (Å²) in [7, 11) is 0. The highest BCUT2D eigenvalue weighted by Gasteiger charge is 2.27. The normalized spacial score (nSPS) is 15.1. The molecule has 1 atom stereocenters. The van der Waals surface area contributed by atoms with Crippen LogP contribution in [-0.4, -0.2) is 59.0 Å². The molecule has 2 aromatic carbocycles. The fourth-order valence-corrected chi connectivity index (χ4v) is 4.40. The molecule has 36 heavy (non-hydrogen) atoms. The number of carbonyl (C=O) groups is 1. The molecule has 1 aromatic heterocycles. The third kappa shape index (κ3) is 5.55. The number of phenols is 2. The van der Waals surface area contributed by atoms with Crippen molar-refractivity contribution >= 4 is 5.91 Å². The number of rotatable bonds is 9. The van der Waals surface area contributed by atoms with Crippen LogP contribution in [0.25, 0.3) is 22.5 Å². The second kappa shape index (κ2) is 11.6. The predicted octanol–water partition coefficient (Wildman–Crippen LogP) is 4.91. The monoisotopic (exact) mass is 493 g/mol. The number of aromatic hydroxyl groups is 2. The summed E-state index contributed by atoms with van der Waals surface area (Å²) in [6.45, 7) is 10.6. The van der Waals surface area contributed by atoms with E-state index in [9.17, 15) is 15.0 Å². The van der Waals surface area contributed by atoms with E-state index in [4.69, 9.17) is 9.26 Å². The van der Waals surface area contributed by atoms with Gasteiger partial charge in [-0.3, -0.25) is 9.69 Å². The van der Waals surface area contributed by atoms with Crippen LogP contribution in [0.1, 0.15) is 61.1 Å². The second-order valence-electron chi connectivity index (χ2n) is 9.31. The van der Waals surface area contributed by atoms with Gasteiger partial charge in [0.15, 0.2) is 11.5 Å². The average molecular weight is 494 g/mol. The van der Waals surface area contributed by atoms with Gasteiger partial charge in [-0.2, -0.15) is 0 Å². The van der Waals surface area contributed by atoms with Crippen LogP contribution in [0.3, 0.4) is 0 Å². The maximum absolute atomic E-state index is 13.0. The molecule has 1 aliphatic heterocycles. The summed E-state index contributed by atoms with van der Waals surface area (Å²) in [6.07, 6.45) is 1.61. The van der Waals surface area contributed by atoms with Gasteiger partial charge in [0.05, 0.1) is 24.3 Å². The second-order valence-corrected chi connectivity index (χ2v) is 9.31. The standard InChI is InChI=1S/C28H35N3O5/c1-4-10-29-28(34)26-25(20-8-6-19(7-9-20)17-31-11-13-35-14-12-31)27(36-30-26)22-15-21(18(3)5-2)23(32)16-24(22)33/h6-9,15-16,18,32-33H,4-5,10-14,17H2,1-3H3,(H,29,34). The molecule has 3 aromatic rings. The number of morpholine rings is 1. The highest BCUT2D eigenvalue weighted by atomic mass is 16.5. The molecule has 0 radical (unpaired) electrons. The number of nitrogens with zero attached hydrogens (tertiary/aromatic N) is 2. The minimum absolute atomic E-state index is 0.0278. The third-order valence-electron chi connectivity index (χ3n) is 6.73. The smallest absolute Gasteiger partial charge is 0.274 e. The van der Waals surface area contributed by atoms with Crippen LogP contribution in [0.4, 0.5) is 0 Å². The molecule has 1 unspecified atom stereocenters. The van der Waals surface area contributed by atoms with Gasteiger partial charge in [0.25, 0.3) is 5.91 Å². The summed E-state index contributed by atoms with van der Waals surface area (Å²) < 4.78 is 11.1. The molecular formula is C28H35N3O5. The van der Waals surface area contributed by atoms with Crippen molar-refractivity contribution in [1.29, 1.82) is 0 Å². The van der Waals surface area contributed by atoms with Crippen LogP contribution in [-0.2, 0) is 11.3 Å². The minimum Gasteiger partial charge on any atom is -0.508 e. The molecule has 8 nitrogen and oxygen atoms in total. The summed E-state index contributed by atoms with van der Waals surface area (Å²) >= 11 is 0. The maximum Gasteiger partial charge on any atom is 0.274 e. The van der Waals surface area contributed by atoms with Gasteiger partial charge in [0.1, 0.15) is 11.5 Å². The Hall–Kier alpha value is -3.36. The number of ether oxygens (including phenoxy) is 1. The number of hydrogen-bond acceptors (Lipinski definition) is 7. The van der Waals surface area contributed by atoms with Crippen molar-refractivity contribution in [3.05, 3.63) is 53.2 Å². The molecule has 0 aliphatic carbocycles. The number of phenolic OH excluding ortho intramolecular Hbond substituents is 2. The fraction of sp³-hybridized carbons (Fsp3) is 0.429. The summed E-state index contributed by atoms with van der Waals surface area (Å²) in [6, 6.07) is 11.0. The summed E-state index contributed by atoms with van der Waals surface area (Å²) in [5.74, 6) is -0.0803. The Morgan fingerprint density at radius 3 is 2.50 bits per heavy atom. The van der Waals surface area contributed by atoms with Crippen LogP contribution in [0, 0.1) is 0 Å². The van der Waals surface area contributed by atoms with Crippen molar-refractivity contribution in [2.45, 2.75) is 46.1 Å². The molecule has 2 heterocycles. The predicted molar refractivity (Wildman–Crippen MR) is 138 cm³/mol. The number of amides is 1. The van der Waals surface area contributed by atoms with E-state index < -0.39 is 0 Å². The lowest BCUT2D eigenvalue weighted by Gasteiger charge is -2.26. The molecule has 0 bridgehead atoms. The lowest BCUT2D eigenvalue weighted by Crippen LogP contribution is -2.35. The van der Waals surface area contributed by atoms with E-state index in [2.05, 4.69) is 15.4 Å². The van der Waals surface area contributed by atoms with Crippen LogP contribution in [0.15, 0.2) is 40.9 Å². The SMILES string of the molecule is CCCNC(=O)c1noc(-c2cc(C(C)CC)c(O)cc2O)c1-c1ccc(CN2CCOCC2)cc1. The Balaban J connectivity index is 1.76. The Morgan fingerprint density at radius 2 is 1.83 bits per heavy atom. The molecule has 1 saturated heterocycles. The molecule has 0 saturated carbocycles. The van der Waals surface area contributed by atoms with Gasteiger partial charge >= 0.3 is 0 Å². The van der Waals surface area contributed by atoms with Crippen molar-refractivity contribution < 1.29 is 24.3 Å². The number of carbonyl (C=O) groups excluding carboxylic acids is 1. The molecule has 8 heteroatoms. The highest BCUT2D eigenvalue weighted by Crippen LogP contribution is 2.43. The molecule has 192 valence electrons. The first-order valence-corrected chi connectivity index (χ1v) is 12.7. The van der Waals surface area contributed by atoms with Gasteiger partial charge in [-0.1, -0.05) is 50.2 Å². The zero-order chi connectivity index (χ0) is 25.7. The van der Waals surface area contributed by atoms with Crippen molar-refractivity contribution in [3.8, 4) is 33.9 Å². The Kier molecular flexibility index (Phi) is 8.28. The van der Waals surface area contributed by atoms with Crippen LogP contribution in [0.5, 0.6) is 11.5 Å². The molecule has 3 N–H and O–H groups in total. The van der Waals surface area contributed by atoms with Crippen LogP contribution >= 0.6 is 0 Å². The maximum atomic E-state index is 13.0. The topological polar surface area (TPSA) is 108 Å². The van der Waals surface area contributed by atoms with Crippen molar-refractivity contribution in [3.63, 3.8) is 0 Å². The Morgan fingerprint density at radius 1 is 1.11 bits per heavy atom. The third-order valence-corrected chi connectivity index (χ3v) is 6.73. The highest BCUT2D eigenvalue weighted by molar-refractivity contribution is 6.02. The lowest BCUT2D eigenvalue weighted by molar-refractivity contribution is 0.0342. The summed E-state index contributed by atoms with van der Waals surface area (Å²) in [5.41, 5.74) is 3.68. The van der Waals surface area contributed by atoms with Gasteiger partial charge in [0, 0.05) is 32.2 Å². The summed E-state index contributed by atoms with van der Waals surface area (Å²) in [4.78, 5) is 15.3. The largest absolute Gasteiger partial charge is 0.508 e. The van der Waals surface area contributed by atoms with E-state index in [1.807, 2.05) is 45.0 Å². The van der Waals surface area contributed by atoms with Gasteiger partial charge in [-0.25, -0.2) is 0 Å². The zero-order valence-electron chi connectivity index (χ0n) is 21.2. The fourth-order valence-electron chi connectivity index (χ4n) is 4.40. The zero-order valence-corrected chi connectivity index (χ0v) is 21.2. The first-order valence-electron chi connectivity index (χ1n) is 12.7. The molecule has 1 amide bonds. The van der Waals surface area contributed by atoms with Crippen molar-refractivity contribution in [2.24, 2.45) is 0 Å². The molecule has 1 fully saturated rings. The lowest BCUT2D eigenvalue weighted by atomic mass is 9.92. The first-order chi connectivity index (χ1) is 17.4. The molecular weight excluding hydrogens is 458 g/mol. The first kappa shape index (κ1) is 25.7. The summed E-state index contributed by atoms with van der Waals surface area (Å²) in [5, 5.41) is 28.2. The molecule has 1 aliphatic rings. The van der Waals surface area contributed by atoms with E-state index in [0.717, 1.165) is 56.8 Å². The molecule has 4 rings (SSSR count). The van der Waals surface area contributed by atoms with Gasteiger partial charge in [-0.15, -0.1) is 0 Å². The van der Waals surface area contributed by atoms with E-state index >= 15 is 0 Å². The van der Waals surface area contributed by atoms with E-state index in [0.29, 0.717) is 29.0 Å². The Labute approximate surface area is 211 Å². The molecule has 0 spiro atoms. The van der Waals surface area contributed by atoms with Gasteiger partial charge in [-0.05, 0) is 41.5 Å². The van der Waals surface area contributed by atoms with Crippen LogP contribution < -0.4 is 5.32 Å².